The average Bonchev–Trinajstić information content (AvgIpc) is 2.38. The van der Waals surface area contributed by atoms with Gasteiger partial charge in [-0.2, -0.15) is 0 Å². The third-order valence-corrected chi connectivity index (χ3v) is 3.75. The van der Waals surface area contributed by atoms with Crippen molar-refractivity contribution in [3.63, 3.8) is 0 Å². The second kappa shape index (κ2) is 5.38. The van der Waals surface area contributed by atoms with Crippen LogP contribution < -0.4 is 5.32 Å². The van der Waals surface area contributed by atoms with E-state index in [0.29, 0.717) is 17.6 Å². The average molecular weight is 247 g/mol. The molecule has 1 aliphatic rings. The van der Waals surface area contributed by atoms with Gasteiger partial charge in [-0.15, -0.1) is 0 Å². The van der Waals surface area contributed by atoms with E-state index < -0.39 is 0 Å². The number of hydrogen-bond donors (Lipinski definition) is 1. The molecule has 1 aromatic heterocycles. The second-order valence-electron chi connectivity index (χ2n) is 5.01. The molecule has 18 heavy (non-hydrogen) atoms. The fourth-order valence-electron chi connectivity index (χ4n) is 2.74. The number of piperidine rings is 1. The molecule has 0 unspecified atom stereocenters. The lowest BCUT2D eigenvalue weighted by molar-refractivity contribution is 0.0511. The number of aromatic nitrogens is 1. The Balaban J connectivity index is 2.29. The van der Waals surface area contributed by atoms with Crippen LogP contribution in [0.4, 0.5) is 5.69 Å². The molecule has 1 aliphatic heterocycles. The zero-order chi connectivity index (χ0) is 13.1. The Morgan fingerprint density at radius 1 is 1.39 bits per heavy atom. The zero-order valence-electron chi connectivity index (χ0n) is 11.3. The molecule has 1 fully saturated rings. The van der Waals surface area contributed by atoms with Crippen molar-refractivity contribution in [2.24, 2.45) is 0 Å². The molecule has 0 radical (unpaired) electrons. The number of amides is 1. The van der Waals surface area contributed by atoms with E-state index >= 15 is 0 Å². The molecule has 1 saturated heterocycles. The zero-order valence-corrected chi connectivity index (χ0v) is 11.3. The van der Waals surface area contributed by atoms with Gasteiger partial charge in [0.25, 0.3) is 5.91 Å². The van der Waals surface area contributed by atoms with E-state index in [2.05, 4.69) is 24.1 Å². The smallest absolute Gasteiger partial charge is 0.258 e. The van der Waals surface area contributed by atoms with Crippen molar-refractivity contribution in [1.29, 1.82) is 0 Å². The van der Waals surface area contributed by atoms with Gasteiger partial charge in [0.1, 0.15) is 0 Å². The maximum absolute atomic E-state index is 12.6. The Kier molecular flexibility index (Phi) is 3.84. The highest BCUT2D eigenvalue weighted by molar-refractivity contribution is 5.99. The summed E-state index contributed by atoms with van der Waals surface area (Å²) in [5.41, 5.74) is 1.51. The van der Waals surface area contributed by atoms with Crippen LogP contribution in [0.25, 0.3) is 0 Å². The van der Waals surface area contributed by atoms with Crippen molar-refractivity contribution in [2.75, 3.05) is 12.4 Å². The van der Waals surface area contributed by atoms with Gasteiger partial charge in [0.05, 0.1) is 5.56 Å². The Bertz CT molecular complexity index is 423. The van der Waals surface area contributed by atoms with Crippen molar-refractivity contribution in [3.05, 3.63) is 24.0 Å². The van der Waals surface area contributed by atoms with Crippen LogP contribution in [0.5, 0.6) is 0 Å². The summed E-state index contributed by atoms with van der Waals surface area (Å²) < 4.78 is 0. The summed E-state index contributed by atoms with van der Waals surface area (Å²) >= 11 is 0. The molecule has 1 amide bonds. The van der Waals surface area contributed by atoms with Crippen molar-refractivity contribution in [1.82, 2.24) is 9.88 Å². The largest absolute Gasteiger partial charge is 0.387 e. The van der Waals surface area contributed by atoms with Gasteiger partial charge in [0.15, 0.2) is 0 Å². The molecule has 0 aromatic carbocycles. The number of nitrogens with one attached hydrogen (secondary N) is 1. The molecule has 2 rings (SSSR count). The van der Waals surface area contributed by atoms with Crippen LogP contribution in [0.2, 0.25) is 0 Å². The molecule has 98 valence electrons. The maximum atomic E-state index is 12.6. The minimum absolute atomic E-state index is 0.0900. The number of hydrogen-bond acceptors (Lipinski definition) is 3. The van der Waals surface area contributed by atoms with Gasteiger partial charge in [0, 0.05) is 37.2 Å². The van der Waals surface area contributed by atoms with Crippen molar-refractivity contribution < 1.29 is 4.79 Å². The summed E-state index contributed by atoms with van der Waals surface area (Å²) in [7, 11) is 1.83. The van der Waals surface area contributed by atoms with E-state index in [-0.39, 0.29) is 5.91 Å². The molecule has 1 aromatic rings. The molecule has 2 atom stereocenters. The van der Waals surface area contributed by atoms with Crippen LogP contribution in [0.15, 0.2) is 18.5 Å². The van der Waals surface area contributed by atoms with Crippen LogP contribution in [0, 0.1) is 0 Å². The molecule has 1 N–H and O–H groups in total. The Morgan fingerprint density at radius 3 is 2.67 bits per heavy atom. The van der Waals surface area contributed by atoms with E-state index in [1.807, 2.05) is 18.0 Å². The van der Waals surface area contributed by atoms with Crippen LogP contribution in [-0.2, 0) is 0 Å². The summed E-state index contributed by atoms with van der Waals surface area (Å²) in [4.78, 5) is 18.7. The minimum Gasteiger partial charge on any atom is -0.387 e. The van der Waals surface area contributed by atoms with Crippen LogP contribution in [-0.4, -0.2) is 34.9 Å². The number of likely N-dealkylation sites (tertiary alicyclic amines) is 1. The molecule has 0 spiro atoms. The lowest BCUT2D eigenvalue weighted by Gasteiger charge is -2.39. The molecule has 0 saturated carbocycles. The molecule has 2 heterocycles. The highest BCUT2D eigenvalue weighted by Gasteiger charge is 2.30. The first-order valence-corrected chi connectivity index (χ1v) is 6.59. The maximum Gasteiger partial charge on any atom is 0.258 e. The first-order chi connectivity index (χ1) is 8.65. The van der Waals surface area contributed by atoms with E-state index in [4.69, 9.17) is 0 Å². The quantitative estimate of drug-likeness (QED) is 0.873. The fourth-order valence-corrected chi connectivity index (χ4v) is 2.74. The molecule has 0 aliphatic carbocycles. The predicted molar refractivity (Wildman–Crippen MR) is 72.7 cm³/mol. The highest BCUT2D eigenvalue weighted by atomic mass is 16.2. The van der Waals surface area contributed by atoms with Gasteiger partial charge < -0.3 is 10.2 Å². The number of nitrogens with zero attached hydrogens (tertiary/aromatic N) is 2. The summed E-state index contributed by atoms with van der Waals surface area (Å²) in [6.45, 7) is 4.26. The van der Waals surface area contributed by atoms with E-state index in [1.54, 1.807) is 12.4 Å². The monoisotopic (exact) mass is 247 g/mol. The number of rotatable bonds is 2. The van der Waals surface area contributed by atoms with Crippen LogP contribution in [0.3, 0.4) is 0 Å². The minimum atomic E-state index is 0.0900. The van der Waals surface area contributed by atoms with Gasteiger partial charge >= 0.3 is 0 Å². The second-order valence-corrected chi connectivity index (χ2v) is 5.01. The summed E-state index contributed by atoms with van der Waals surface area (Å²) in [6, 6.07) is 2.46. The van der Waals surface area contributed by atoms with Crippen molar-refractivity contribution in [3.8, 4) is 0 Å². The van der Waals surface area contributed by atoms with E-state index in [1.165, 1.54) is 6.42 Å². The lowest BCUT2D eigenvalue weighted by atomic mass is 9.96. The highest BCUT2D eigenvalue weighted by Crippen LogP contribution is 2.26. The third-order valence-electron chi connectivity index (χ3n) is 3.75. The SMILES string of the molecule is CNc1ccncc1C(=O)N1[C@H](C)CCC[C@@H]1C. The molecule has 4 heteroatoms. The van der Waals surface area contributed by atoms with Gasteiger partial charge in [-0.05, 0) is 39.2 Å². The topological polar surface area (TPSA) is 45.2 Å². The predicted octanol–water partition coefficient (Wildman–Crippen LogP) is 2.53. The fraction of sp³-hybridized carbons (Fsp3) is 0.571. The Hall–Kier alpha value is -1.58. The lowest BCUT2D eigenvalue weighted by Crippen LogP contribution is -2.47. The molecule has 4 nitrogen and oxygen atoms in total. The molecule has 0 bridgehead atoms. The Labute approximate surface area is 108 Å². The normalized spacial score (nSPS) is 23.8. The Morgan fingerprint density at radius 2 is 2.06 bits per heavy atom. The van der Waals surface area contributed by atoms with Crippen molar-refractivity contribution in [2.45, 2.75) is 45.2 Å². The molecular formula is C14H21N3O. The van der Waals surface area contributed by atoms with Gasteiger partial charge in [-0.1, -0.05) is 0 Å². The van der Waals surface area contributed by atoms with Crippen LogP contribution >= 0.6 is 0 Å². The third kappa shape index (κ3) is 2.33. The standard InChI is InChI=1S/C14H21N3O/c1-10-5-4-6-11(2)17(10)14(18)12-9-16-8-7-13(12)15-3/h7-11H,4-6H2,1-3H3,(H,15,16)/t10-,11+. The summed E-state index contributed by atoms with van der Waals surface area (Å²) in [5.74, 6) is 0.0900. The van der Waals surface area contributed by atoms with E-state index in [9.17, 15) is 4.79 Å². The van der Waals surface area contributed by atoms with Gasteiger partial charge in [-0.3, -0.25) is 9.78 Å². The summed E-state index contributed by atoms with van der Waals surface area (Å²) in [6.07, 6.45) is 6.74. The number of carbonyl (C=O) groups excluding carboxylic acids is 1. The number of carbonyl (C=O) groups is 1. The first kappa shape index (κ1) is 12.9. The van der Waals surface area contributed by atoms with Crippen LogP contribution in [0.1, 0.15) is 43.5 Å². The number of anilines is 1. The first-order valence-electron chi connectivity index (χ1n) is 6.59. The van der Waals surface area contributed by atoms with Crippen molar-refractivity contribution >= 4 is 11.6 Å². The van der Waals surface area contributed by atoms with Gasteiger partial charge in [-0.25, -0.2) is 0 Å². The van der Waals surface area contributed by atoms with Gasteiger partial charge in [0.2, 0.25) is 0 Å². The van der Waals surface area contributed by atoms with E-state index in [0.717, 1.165) is 18.5 Å². The number of pyridine rings is 1. The summed E-state index contributed by atoms with van der Waals surface area (Å²) in [5, 5.41) is 3.06. The molecular weight excluding hydrogens is 226 g/mol.